The molecule has 0 aliphatic carbocycles. The molecule has 0 spiro atoms. The van der Waals surface area contributed by atoms with Crippen LogP contribution in [0.2, 0.25) is 0 Å². The lowest BCUT2D eigenvalue weighted by Gasteiger charge is -2.22. The van der Waals surface area contributed by atoms with E-state index in [1.807, 2.05) is 0 Å². The van der Waals surface area contributed by atoms with Crippen LogP contribution in [0.25, 0.3) is 0 Å². The highest BCUT2D eigenvalue weighted by Gasteiger charge is 2.25. The molecule has 3 amide bonds. The molecule has 154 valence electrons. The molecule has 29 heavy (non-hydrogen) atoms. The van der Waals surface area contributed by atoms with E-state index in [2.05, 4.69) is 10.6 Å². The van der Waals surface area contributed by atoms with Crippen molar-refractivity contribution in [3.8, 4) is 0 Å². The lowest BCUT2D eigenvalue weighted by molar-refractivity contribution is -0.124. The van der Waals surface area contributed by atoms with E-state index in [0.29, 0.717) is 5.56 Å². The summed E-state index contributed by atoms with van der Waals surface area (Å²) < 4.78 is 13.8. The Labute approximate surface area is 170 Å². The van der Waals surface area contributed by atoms with Crippen LogP contribution in [0.5, 0.6) is 0 Å². The van der Waals surface area contributed by atoms with Gasteiger partial charge in [-0.25, -0.2) is 4.39 Å². The Bertz CT molecular complexity index is 879. The van der Waals surface area contributed by atoms with Gasteiger partial charge in [-0.15, -0.1) is 0 Å². The third-order valence-electron chi connectivity index (χ3n) is 4.43. The van der Waals surface area contributed by atoms with Crippen LogP contribution >= 0.6 is 0 Å². The van der Waals surface area contributed by atoms with Gasteiger partial charge in [-0.1, -0.05) is 38.1 Å². The van der Waals surface area contributed by atoms with Crippen molar-refractivity contribution in [2.45, 2.75) is 26.4 Å². The number of nitrogens with one attached hydrogen (secondary N) is 2. The van der Waals surface area contributed by atoms with Gasteiger partial charge in [0.05, 0.1) is 5.56 Å². The van der Waals surface area contributed by atoms with Crippen LogP contribution in [0.3, 0.4) is 0 Å². The van der Waals surface area contributed by atoms with Gasteiger partial charge >= 0.3 is 0 Å². The van der Waals surface area contributed by atoms with Crippen molar-refractivity contribution in [3.63, 3.8) is 0 Å². The summed E-state index contributed by atoms with van der Waals surface area (Å²) in [6.07, 6.45) is 0. The minimum absolute atomic E-state index is 0.101. The highest BCUT2D eigenvalue weighted by Crippen LogP contribution is 2.10. The molecule has 2 aromatic rings. The molecule has 6 nitrogen and oxygen atoms in total. The maximum absolute atomic E-state index is 13.8. The highest BCUT2D eigenvalue weighted by atomic mass is 19.1. The molecule has 2 rings (SSSR count). The number of nitrogens with zero attached hydrogens (tertiary/aromatic N) is 1. The average Bonchev–Trinajstić information content (AvgIpc) is 2.69. The van der Waals surface area contributed by atoms with E-state index in [1.54, 1.807) is 58.3 Å². The molecule has 0 radical (unpaired) electrons. The molecule has 0 saturated carbocycles. The van der Waals surface area contributed by atoms with Gasteiger partial charge in [-0.3, -0.25) is 14.4 Å². The first-order chi connectivity index (χ1) is 13.7. The Hall–Kier alpha value is -3.22. The first-order valence-corrected chi connectivity index (χ1v) is 9.34. The minimum atomic E-state index is -0.809. The zero-order chi connectivity index (χ0) is 21.6. The molecule has 7 heteroatoms. The first kappa shape index (κ1) is 22.1. The molecular weight excluding hydrogens is 373 g/mol. The summed E-state index contributed by atoms with van der Waals surface area (Å²) in [7, 11) is 3.36. The van der Waals surface area contributed by atoms with Crippen LogP contribution in [0.4, 0.5) is 4.39 Å². The average molecular weight is 399 g/mol. The zero-order valence-electron chi connectivity index (χ0n) is 17.0. The second-order valence-electron chi connectivity index (χ2n) is 7.29. The summed E-state index contributed by atoms with van der Waals surface area (Å²) in [5.74, 6) is -1.93. The van der Waals surface area contributed by atoms with Gasteiger partial charge in [0.15, 0.2) is 0 Å². The van der Waals surface area contributed by atoms with Crippen LogP contribution in [0, 0.1) is 11.7 Å². The third-order valence-corrected chi connectivity index (χ3v) is 4.43. The topological polar surface area (TPSA) is 78.5 Å². The molecule has 0 saturated heterocycles. The molecule has 0 heterocycles. The lowest BCUT2D eigenvalue weighted by Crippen LogP contribution is -2.49. The number of rotatable bonds is 7. The van der Waals surface area contributed by atoms with Crippen molar-refractivity contribution in [2.75, 3.05) is 14.1 Å². The Morgan fingerprint density at radius 3 is 2.17 bits per heavy atom. The number of carbonyl (C=O) groups excluding carboxylic acids is 3. The van der Waals surface area contributed by atoms with Gasteiger partial charge in [-0.05, 0) is 35.7 Å². The number of carbonyl (C=O) groups is 3. The maximum Gasteiger partial charge on any atom is 0.254 e. The molecule has 2 aromatic carbocycles. The SMILES string of the molecule is CC(C)C(NC(=O)c1ccccc1F)C(=O)NCc1ccc(C(=O)N(C)C)cc1. The summed E-state index contributed by atoms with van der Waals surface area (Å²) in [5, 5.41) is 5.39. The van der Waals surface area contributed by atoms with Gasteiger partial charge < -0.3 is 15.5 Å². The van der Waals surface area contributed by atoms with Gasteiger partial charge in [0.2, 0.25) is 5.91 Å². The monoisotopic (exact) mass is 399 g/mol. The zero-order valence-corrected chi connectivity index (χ0v) is 17.0. The summed E-state index contributed by atoms with van der Waals surface area (Å²) in [4.78, 5) is 38.3. The molecule has 0 aliphatic heterocycles. The predicted molar refractivity (Wildman–Crippen MR) is 109 cm³/mol. The first-order valence-electron chi connectivity index (χ1n) is 9.34. The molecule has 0 aliphatic rings. The van der Waals surface area contributed by atoms with E-state index >= 15 is 0 Å². The molecular formula is C22H26FN3O3. The third kappa shape index (κ3) is 5.88. The van der Waals surface area contributed by atoms with E-state index in [1.165, 1.54) is 23.1 Å². The van der Waals surface area contributed by atoms with Crippen molar-refractivity contribution in [2.24, 2.45) is 5.92 Å². The summed E-state index contributed by atoms with van der Waals surface area (Å²) in [5.41, 5.74) is 1.27. The second kappa shape index (κ2) is 9.82. The Morgan fingerprint density at radius 2 is 1.62 bits per heavy atom. The fourth-order valence-corrected chi connectivity index (χ4v) is 2.72. The Balaban J connectivity index is 2.00. The van der Waals surface area contributed by atoms with Gasteiger partial charge in [0, 0.05) is 26.2 Å². The molecule has 1 atom stereocenters. The van der Waals surface area contributed by atoms with E-state index in [4.69, 9.17) is 0 Å². The summed E-state index contributed by atoms with van der Waals surface area (Å²) >= 11 is 0. The van der Waals surface area contributed by atoms with Crippen LogP contribution in [-0.4, -0.2) is 42.8 Å². The molecule has 0 fully saturated rings. The van der Waals surface area contributed by atoms with Gasteiger partial charge in [0.25, 0.3) is 11.8 Å². The van der Waals surface area contributed by atoms with Crippen LogP contribution < -0.4 is 10.6 Å². The lowest BCUT2D eigenvalue weighted by atomic mass is 10.0. The standard InChI is InChI=1S/C22H26FN3O3/c1-14(2)19(25-20(27)17-7-5-6-8-18(17)23)21(28)24-13-15-9-11-16(12-10-15)22(29)26(3)4/h5-12,14,19H,13H2,1-4H3,(H,24,28)(H,25,27). The number of hydrogen-bond donors (Lipinski definition) is 2. The molecule has 1 unspecified atom stereocenters. The largest absolute Gasteiger partial charge is 0.350 e. The summed E-state index contributed by atoms with van der Waals surface area (Å²) in [6.45, 7) is 3.84. The normalized spacial score (nSPS) is 11.7. The smallest absolute Gasteiger partial charge is 0.254 e. The van der Waals surface area contributed by atoms with Gasteiger partial charge in [-0.2, -0.15) is 0 Å². The molecule has 0 aromatic heterocycles. The van der Waals surface area contributed by atoms with Crippen molar-refractivity contribution in [1.29, 1.82) is 0 Å². The quantitative estimate of drug-likeness (QED) is 0.751. The van der Waals surface area contributed by atoms with E-state index in [0.717, 1.165) is 5.56 Å². The predicted octanol–water partition coefficient (Wildman–Crippen LogP) is 2.60. The van der Waals surface area contributed by atoms with Crippen molar-refractivity contribution in [3.05, 3.63) is 71.0 Å². The van der Waals surface area contributed by atoms with Crippen molar-refractivity contribution in [1.82, 2.24) is 15.5 Å². The van der Waals surface area contributed by atoms with Crippen molar-refractivity contribution >= 4 is 17.7 Å². The molecule has 0 bridgehead atoms. The van der Waals surface area contributed by atoms with Gasteiger partial charge in [0.1, 0.15) is 11.9 Å². The molecule has 2 N–H and O–H groups in total. The Kier molecular flexibility index (Phi) is 7.47. The van der Waals surface area contributed by atoms with E-state index in [-0.39, 0.29) is 29.8 Å². The van der Waals surface area contributed by atoms with Crippen molar-refractivity contribution < 1.29 is 18.8 Å². The number of amides is 3. The van der Waals surface area contributed by atoms with Crippen LogP contribution in [0.1, 0.15) is 40.1 Å². The minimum Gasteiger partial charge on any atom is -0.350 e. The van der Waals surface area contributed by atoms with E-state index in [9.17, 15) is 18.8 Å². The number of benzene rings is 2. The van der Waals surface area contributed by atoms with Crippen LogP contribution in [0.15, 0.2) is 48.5 Å². The number of hydrogen-bond acceptors (Lipinski definition) is 3. The van der Waals surface area contributed by atoms with E-state index < -0.39 is 17.8 Å². The van der Waals surface area contributed by atoms with Crippen LogP contribution in [-0.2, 0) is 11.3 Å². The number of halogens is 1. The second-order valence-corrected chi connectivity index (χ2v) is 7.29. The summed E-state index contributed by atoms with van der Waals surface area (Å²) in [6, 6.07) is 11.7. The maximum atomic E-state index is 13.8. The fraction of sp³-hybridized carbons (Fsp3) is 0.318. The highest BCUT2D eigenvalue weighted by molar-refractivity contribution is 5.97. The fourth-order valence-electron chi connectivity index (χ4n) is 2.72. The Morgan fingerprint density at radius 1 is 1.00 bits per heavy atom.